The molecule has 2 aliphatic rings. The van der Waals surface area contributed by atoms with E-state index >= 15 is 0 Å². The van der Waals surface area contributed by atoms with E-state index in [0.717, 1.165) is 58.5 Å². The highest BCUT2D eigenvalue weighted by Crippen LogP contribution is 2.24. The van der Waals surface area contributed by atoms with E-state index in [1.54, 1.807) is 0 Å². The van der Waals surface area contributed by atoms with Gasteiger partial charge in [0.05, 0.1) is 6.07 Å². The molecule has 0 spiro atoms. The number of unbranched alkanes of at least 4 members (excludes halogenated alkanes) is 1. The average molecular weight is 280 g/mol. The van der Waals surface area contributed by atoms with E-state index in [9.17, 15) is 5.26 Å². The van der Waals surface area contributed by atoms with Crippen molar-refractivity contribution in [2.75, 3.05) is 26.4 Å². The SMILES string of the molecule is CC(C#N)(CCCCOCC1CCOCC1)NC1CC1. The summed E-state index contributed by atoms with van der Waals surface area (Å²) in [5.74, 6) is 0.685. The predicted octanol–water partition coefficient (Wildman–Crippen LogP) is 2.63. The van der Waals surface area contributed by atoms with Crippen LogP contribution in [0.15, 0.2) is 0 Å². The van der Waals surface area contributed by atoms with Gasteiger partial charge in [0, 0.05) is 32.5 Å². The summed E-state index contributed by atoms with van der Waals surface area (Å²) in [7, 11) is 0. The minimum Gasteiger partial charge on any atom is -0.381 e. The molecule has 0 bridgehead atoms. The van der Waals surface area contributed by atoms with Crippen LogP contribution in [0, 0.1) is 17.2 Å². The first-order chi connectivity index (χ1) is 9.72. The molecule has 1 heterocycles. The van der Waals surface area contributed by atoms with Gasteiger partial charge in [-0.15, -0.1) is 0 Å². The molecule has 2 fully saturated rings. The maximum atomic E-state index is 9.28. The lowest BCUT2D eigenvalue weighted by molar-refractivity contribution is 0.0196. The lowest BCUT2D eigenvalue weighted by atomic mass is 9.96. The molecular formula is C16H28N2O2. The van der Waals surface area contributed by atoms with Crippen molar-refractivity contribution in [2.45, 2.75) is 63.5 Å². The molecule has 0 radical (unpaired) electrons. The van der Waals surface area contributed by atoms with E-state index in [1.807, 2.05) is 6.92 Å². The zero-order valence-electron chi connectivity index (χ0n) is 12.7. The van der Waals surface area contributed by atoms with E-state index in [-0.39, 0.29) is 5.54 Å². The minimum absolute atomic E-state index is 0.345. The van der Waals surface area contributed by atoms with Crippen molar-refractivity contribution < 1.29 is 9.47 Å². The molecule has 1 atom stereocenters. The first-order valence-corrected chi connectivity index (χ1v) is 8.06. The normalized spacial score (nSPS) is 23.2. The van der Waals surface area contributed by atoms with Crippen LogP contribution in [-0.4, -0.2) is 38.0 Å². The Morgan fingerprint density at radius 2 is 2.00 bits per heavy atom. The van der Waals surface area contributed by atoms with Crippen molar-refractivity contribution in [1.29, 1.82) is 5.26 Å². The second-order valence-corrected chi connectivity index (χ2v) is 6.45. The average Bonchev–Trinajstić information content (AvgIpc) is 3.27. The largest absolute Gasteiger partial charge is 0.381 e. The molecule has 1 aliphatic carbocycles. The predicted molar refractivity (Wildman–Crippen MR) is 78.4 cm³/mol. The van der Waals surface area contributed by atoms with Gasteiger partial charge in [-0.25, -0.2) is 0 Å². The lowest BCUT2D eigenvalue weighted by Crippen LogP contribution is -2.42. The molecule has 4 heteroatoms. The quantitative estimate of drug-likeness (QED) is 0.660. The van der Waals surface area contributed by atoms with Crippen LogP contribution in [0.4, 0.5) is 0 Å². The third kappa shape index (κ3) is 5.78. The van der Waals surface area contributed by atoms with Gasteiger partial charge >= 0.3 is 0 Å². The van der Waals surface area contributed by atoms with E-state index in [2.05, 4.69) is 11.4 Å². The van der Waals surface area contributed by atoms with Crippen LogP contribution in [0.3, 0.4) is 0 Å². The molecule has 0 aromatic rings. The van der Waals surface area contributed by atoms with Gasteiger partial charge in [-0.05, 0) is 57.8 Å². The molecule has 0 aromatic heterocycles. The van der Waals surface area contributed by atoms with Crippen molar-refractivity contribution in [3.8, 4) is 6.07 Å². The molecule has 1 aliphatic heterocycles. The van der Waals surface area contributed by atoms with Gasteiger partial charge in [0.25, 0.3) is 0 Å². The van der Waals surface area contributed by atoms with Gasteiger partial charge in [-0.3, -0.25) is 5.32 Å². The van der Waals surface area contributed by atoms with Crippen molar-refractivity contribution >= 4 is 0 Å². The van der Waals surface area contributed by atoms with Crippen molar-refractivity contribution in [3.05, 3.63) is 0 Å². The van der Waals surface area contributed by atoms with Crippen molar-refractivity contribution in [3.63, 3.8) is 0 Å². The van der Waals surface area contributed by atoms with Crippen molar-refractivity contribution in [1.82, 2.24) is 5.32 Å². The second kappa shape index (κ2) is 7.97. The van der Waals surface area contributed by atoms with E-state index < -0.39 is 0 Å². The van der Waals surface area contributed by atoms with Crippen molar-refractivity contribution in [2.24, 2.45) is 5.92 Å². The van der Waals surface area contributed by atoms with Crippen LogP contribution in [0.5, 0.6) is 0 Å². The molecule has 1 unspecified atom stereocenters. The molecule has 1 saturated heterocycles. The Hall–Kier alpha value is -0.630. The lowest BCUT2D eigenvalue weighted by Gasteiger charge is -2.23. The van der Waals surface area contributed by atoms with Crippen LogP contribution in [0.2, 0.25) is 0 Å². The monoisotopic (exact) mass is 280 g/mol. The van der Waals surface area contributed by atoms with Gasteiger partial charge in [0.15, 0.2) is 0 Å². The van der Waals surface area contributed by atoms with Crippen LogP contribution < -0.4 is 5.32 Å². The number of nitriles is 1. The zero-order valence-corrected chi connectivity index (χ0v) is 12.7. The topological polar surface area (TPSA) is 54.3 Å². The Morgan fingerprint density at radius 3 is 2.65 bits per heavy atom. The summed E-state index contributed by atoms with van der Waals surface area (Å²) in [6.07, 6.45) is 7.75. The number of hydrogen-bond acceptors (Lipinski definition) is 4. The summed E-state index contributed by atoms with van der Waals surface area (Å²) in [6.45, 7) is 5.50. The molecule has 4 nitrogen and oxygen atoms in total. The number of nitrogens with one attached hydrogen (secondary N) is 1. The maximum Gasteiger partial charge on any atom is 0.104 e. The summed E-state index contributed by atoms with van der Waals surface area (Å²) in [4.78, 5) is 0. The van der Waals surface area contributed by atoms with E-state index in [0.29, 0.717) is 12.0 Å². The Bertz CT molecular complexity index is 319. The number of hydrogen-bond donors (Lipinski definition) is 1. The van der Waals surface area contributed by atoms with Gasteiger partial charge in [-0.1, -0.05) is 0 Å². The minimum atomic E-state index is -0.345. The fourth-order valence-electron chi connectivity index (χ4n) is 2.68. The Balaban J connectivity index is 1.48. The van der Waals surface area contributed by atoms with Gasteiger partial charge in [0.2, 0.25) is 0 Å². The van der Waals surface area contributed by atoms with Crippen LogP contribution in [0.1, 0.15) is 51.9 Å². The molecule has 2 rings (SSSR count). The Kier molecular flexibility index (Phi) is 6.28. The standard InChI is InChI=1S/C16H28N2O2/c1-16(13-17,18-15-4-5-15)8-2-3-9-20-12-14-6-10-19-11-7-14/h14-15,18H,2-12H2,1H3. The summed E-state index contributed by atoms with van der Waals surface area (Å²) in [5.41, 5.74) is -0.345. The molecule has 1 N–H and O–H groups in total. The van der Waals surface area contributed by atoms with Gasteiger partial charge in [0.1, 0.15) is 5.54 Å². The Morgan fingerprint density at radius 1 is 1.25 bits per heavy atom. The highest BCUT2D eigenvalue weighted by atomic mass is 16.5. The fraction of sp³-hybridized carbons (Fsp3) is 0.938. The third-order valence-corrected chi connectivity index (χ3v) is 4.26. The molecular weight excluding hydrogens is 252 g/mol. The first-order valence-electron chi connectivity index (χ1n) is 8.06. The summed E-state index contributed by atoms with van der Waals surface area (Å²) in [6, 6.07) is 3.01. The first kappa shape index (κ1) is 15.8. The maximum absolute atomic E-state index is 9.28. The van der Waals surface area contributed by atoms with Crippen LogP contribution in [0.25, 0.3) is 0 Å². The molecule has 0 aromatic carbocycles. The number of rotatable bonds is 9. The van der Waals surface area contributed by atoms with Crippen LogP contribution in [-0.2, 0) is 9.47 Å². The highest BCUT2D eigenvalue weighted by molar-refractivity contribution is 5.06. The van der Waals surface area contributed by atoms with E-state index in [1.165, 1.54) is 12.8 Å². The van der Waals surface area contributed by atoms with Gasteiger partial charge in [-0.2, -0.15) is 5.26 Å². The number of ether oxygens (including phenoxy) is 2. The summed E-state index contributed by atoms with van der Waals surface area (Å²) < 4.78 is 11.1. The fourth-order valence-corrected chi connectivity index (χ4v) is 2.68. The summed E-state index contributed by atoms with van der Waals surface area (Å²) in [5, 5.41) is 12.7. The smallest absolute Gasteiger partial charge is 0.104 e. The molecule has 114 valence electrons. The van der Waals surface area contributed by atoms with E-state index in [4.69, 9.17) is 9.47 Å². The molecule has 1 saturated carbocycles. The Labute approximate surface area is 122 Å². The molecule has 0 amide bonds. The molecule has 20 heavy (non-hydrogen) atoms. The highest BCUT2D eigenvalue weighted by Gasteiger charge is 2.31. The second-order valence-electron chi connectivity index (χ2n) is 6.45. The van der Waals surface area contributed by atoms with Gasteiger partial charge < -0.3 is 9.47 Å². The third-order valence-electron chi connectivity index (χ3n) is 4.26. The zero-order chi connectivity index (χ0) is 14.3. The van der Waals surface area contributed by atoms with Crippen LogP contribution >= 0.6 is 0 Å². The number of nitrogens with zero attached hydrogens (tertiary/aromatic N) is 1. The summed E-state index contributed by atoms with van der Waals surface area (Å²) >= 11 is 0.